The fourth-order valence-corrected chi connectivity index (χ4v) is 12.1. The first-order valence-electron chi connectivity index (χ1n) is 18.2. The van der Waals surface area contributed by atoms with E-state index in [1.165, 1.54) is 154 Å². The average Bonchev–Trinajstić information content (AvgIpc) is 2.91. The molecular weight excluding hydrogens is 460 g/mol. The summed E-state index contributed by atoms with van der Waals surface area (Å²) in [6.45, 7) is 9.38. The number of rotatable bonds is 32. The quantitative estimate of drug-likeness (QED) is 0.0592. The van der Waals surface area contributed by atoms with Gasteiger partial charge in [-0.3, -0.25) is 0 Å². The van der Waals surface area contributed by atoms with E-state index in [2.05, 4.69) is 27.7 Å². The number of unbranched alkanes of at least 4 members (excludes halogenated alkanes) is 24. The molecular formula is C36H76Si. The fourth-order valence-electron chi connectivity index (χ4n) is 6.58. The molecule has 0 unspecified atom stereocenters. The van der Waals surface area contributed by atoms with Crippen molar-refractivity contribution in [3.05, 3.63) is 0 Å². The predicted molar refractivity (Wildman–Crippen MR) is 177 cm³/mol. The van der Waals surface area contributed by atoms with E-state index in [9.17, 15) is 0 Å². The molecule has 0 aromatic rings. The van der Waals surface area contributed by atoms with Crippen LogP contribution in [0.1, 0.15) is 207 Å². The molecule has 37 heavy (non-hydrogen) atoms. The minimum absolute atomic E-state index is 1.10. The van der Waals surface area contributed by atoms with Gasteiger partial charge < -0.3 is 0 Å². The first-order valence-corrected chi connectivity index (χ1v) is 21.1. The van der Waals surface area contributed by atoms with Crippen molar-refractivity contribution in [1.82, 2.24) is 0 Å². The van der Waals surface area contributed by atoms with Crippen LogP contribution in [0.15, 0.2) is 0 Å². The van der Waals surface area contributed by atoms with Crippen LogP contribution in [-0.4, -0.2) is 8.07 Å². The zero-order valence-electron chi connectivity index (χ0n) is 27.1. The second-order valence-corrected chi connectivity index (χ2v) is 18.0. The molecule has 0 nitrogen and oxygen atoms in total. The Bertz CT molecular complexity index is 326. The molecule has 0 bridgehead atoms. The van der Waals surface area contributed by atoms with Crippen LogP contribution in [0.25, 0.3) is 0 Å². The Morgan fingerprint density at radius 2 is 0.378 bits per heavy atom. The Balaban J connectivity index is 4.78. The molecule has 0 heterocycles. The molecule has 1 heteroatoms. The molecule has 0 atom stereocenters. The Morgan fingerprint density at radius 3 is 0.568 bits per heavy atom. The summed E-state index contributed by atoms with van der Waals surface area (Å²) in [6, 6.07) is 6.73. The van der Waals surface area contributed by atoms with Gasteiger partial charge in [0.25, 0.3) is 0 Å². The van der Waals surface area contributed by atoms with E-state index >= 15 is 0 Å². The summed E-state index contributed by atoms with van der Waals surface area (Å²) in [6.07, 6.45) is 41.7. The molecule has 0 aliphatic rings. The average molecular weight is 537 g/mol. The molecule has 0 spiro atoms. The van der Waals surface area contributed by atoms with Crippen LogP contribution in [0.3, 0.4) is 0 Å². The van der Waals surface area contributed by atoms with Gasteiger partial charge in [0, 0.05) is 0 Å². The Labute approximate surface area is 239 Å². The lowest BCUT2D eigenvalue weighted by Crippen LogP contribution is -2.34. The van der Waals surface area contributed by atoms with Crippen LogP contribution in [0.4, 0.5) is 0 Å². The predicted octanol–water partition coefficient (Wildman–Crippen LogP) is 14.4. The normalized spacial score (nSPS) is 12.0. The fraction of sp³-hybridized carbons (Fsp3) is 1.00. The minimum atomic E-state index is -1.10. The lowest BCUT2D eigenvalue weighted by molar-refractivity contribution is 0.581. The van der Waals surface area contributed by atoms with Crippen molar-refractivity contribution in [2.24, 2.45) is 0 Å². The van der Waals surface area contributed by atoms with Gasteiger partial charge in [-0.2, -0.15) is 0 Å². The molecule has 0 radical (unpaired) electrons. The van der Waals surface area contributed by atoms with Crippen molar-refractivity contribution in [3.63, 3.8) is 0 Å². The van der Waals surface area contributed by atoms with Crippen LogP contribution in [0.2, 0.25) is 24.2 Å². The largest absolute Gasteiger partial charge is 0.0654 e. The van der Waals surface area contributed by atoms with Gasteiger partial charge in [-0.25, -0.2) is 0 Å². The zero-order chi connectivity index (χ0) is 27.1. The van der Waals surface area contributed by atoms with Crippen molar-refractivity contribution in [2.45, 2.75) is 232 Å². The first kappa shape index (κ1) is 37.2. The molecule has 0 rings (SSSR count). The van der Waals surface area contributed by atoms with E-state index in [0.29, 0.717) is 0 Å². The van der Waals surface area contributed by atoms with Gasteiger partial charge in [-0.05, 0) is 0 Å². The van der Waals surface area contributed by atoms with Gasteiger partial charge in [-0.15, -0.1) is 0 Å². The summed E-state index contributed by atoms with van der Waals surface area (Å²) in [7, 11) is -1.10. The summed E-state index contributed by atoms with van der Waals surface area (Å²) >= 11 is 0. The van der Waals surface area contributed by atoms with Crippen molar-refractivity contribution in [3.8, 4) is 0 Å². The van der Waals surface area contributed by atoms with E-state index in [1.807, 2.05) is 0 Å². The molecule has 0 aromatic heterocycles. The molecule has 0 aliphatic heterocycles. The summed E-state index contributed by atoms with van der Waals surface area (Å²) < 4.78 is 0. The highest BCUT2D eigenvalue weighted by atomic mass is 28.3. The lowest BCUT2D eigenvalue weighted by Gasteiger charge is -2.33. The molecule has 0 aromatic carbocycles. The van der Waals surface area contributed by atoms with Gasteiger partial charge in [0.2, 0.25) is 0 Å². The van der Waals surface area contributed by atoms with Crippen LogP contribution >= 0.6 is 0 Å². The maximum Gasteiger partial charge on any atom is 0.0535 e. The van der Waals surface area contributed by atoms with Crippen molar-refractivity contribution >= 4 is 8.07 Å². The smallest absolute Gasteiger partial charge is 0.0535 e. The summed E-state index contributed by atoms with van der Waals surface area (Å²) in [4.78, 5) is 0. The summed E-state index contributed by atoms with van der Waals surface area (Å²) in [5.74, 6) is 0. The van der Waals surface area contributed by atoms with E-state index in [1.54, 1.807) is 49.9 Å². The Morgan fingerprint density at radius 1 is 0.216 bits per heavy atom. The van der Waals surface area contributed by atoms with Gasteiger partial charge in [-0.1, -0.05) is 232 Å². The second kappa shape index (κ2) is 30.8. The van der Waals surface area contributed by atoms with Crippen molar-refractivity contribution < 1.29 is 0 Å². The maximum atomic E-state index is 2.34. The van der Waals surface area contributed by atoms with Gasteiger partial charge in [0.05, 0.1) is 8.07 Å². The highest BCUT2D eigenvalue weighted by Gasteiger charge is 2.30. The molecule has 0 aliphatic carbocycles. The Hall–Kier alpha value is 0.217. The monoisotopic (exact) mass is 537 g/mol. The standard InChI is InChI=1S/C36H76Si/c1-5-9-13-17-21-25-29-33-37(34-30-26-22-18-14-10-6-2,35-31-27-23-19-15-11-7-3)36-32-28-24-20-16-12-8-4/h5-36H2,1-4H3. The van der Waals surface area contributed by atoms with E-state index in [4.69, 9.17) is 0 Å². The van der Waals surface area contributed by atoms with Gasteiger partial charge in [0.1, 0.15) is 0 Å². The molecule has 224 valence electrons. The van der Waals surface area contributed by atoms with Crippen molar-refractivity contribution in [1.29, 1.82) is 0 Å². The lowest BCUT2D eigenvalue weighted by atomic mass is 10.1. The highest BCUT2D eigenvalue weighted by molar-refractivity contribution is 6.79. The molecule has 0 saturated heterocycles. The van der Waals surface area contributed by atoms with Crippen LogP contribution in [-0.2, 0) is 0 Å². The van der Waals surface area contributed by atoms with Crippen molar-refractivity contribution in [2.75, 3.05) is 0 Å². The first-order chi connectivity index (χ1) is 18.2. The molecule has 0 saturated carbocycles. The third-order valence-electron chi connectivity index (χ3n) is 9.24. The number of hydrogen-bond donors (Lipinski definition) is 0. The van der Waals surface area contributed by atoms with E-state index < -0.39 is 8.07 Å². The molecule has 0 N–H and O–H groups in total. The molecule has 0 amide bonds. The maximum absolute atomic E-state index is 2.34. The van der Waals surface area contributed by atoms with E-state index in [0.717, 1.165) is 0 Å². The van der Waals surface area contributed by atoms with Gasteiger partial charge in [0.15, 0.2) is 0 Å². The van der Waals surface area contributed by atoms with E-state index in [-0.39, 0.29) is 0 Å². The topological polar surface area (TPSA) is 0 Å². The summed E-state index contributed by atoms with van der Waals surface area (Å²) in [5.41, 5.74) is 0. The zero-order valence-corrected chi connectivity index (χ0v) is 28.1. The van der Waals surface area contributed by atoms with Gasteiger partial charge >= 0.3 is 0 Å². The molecule has 0 fully saturated rings. The highest BCUT2D eigenvalue weighted by Crippen LogP contribution is 2.35. The summed E-state index contributed by atoms with van der Waals surface area (Å²) in [5, 5.41) is 0. The SMILES string of the molecule is CCCCCCCCC[Si](CCCCCCCCC)(CCCCCCCCC)CCCCCCCCC. The number of hydrogen-bond acceptors (Lipinski definition) is 0. The third kappa shape index (κ3) is 26.2. The minimum Gasteiger partial charge on any atom is -0.0654 e. The third-order valence-corrected chi connectivity index (χ3v) is 14.9. The van der Waals surface area contributed by atoms with Crippen LogP contribution < -0.4 is 0 Å². The van der Waals surface area contributed by atoms with Crippen LogP contribution in [0.5, 0.6) is 0 Å². The van der Waals surface area contributed by atoms with Crippen LogP contribution in [0, 0.1) is 0 Å². The Kier molecular flexibility index (Phi) is 30.9. The second-order valence-electron chi connectivity index (χ2n) is 13.0.